The average molecular weight is 246 g/mol. The molecule has 1 heterocycles. The van der Waals surface area contributed by atoms with Crippen LogP contribution in [0.5, 0.6) is 0 Å². The lowest BCUT2D eigenvalue weighted by Crippen LogP contribution is -2.26. The molecule has 0 radical (unpaired) electrons. The molecule has 0 unspecified atom stereocenters. The normalized spacial score (nSPS) is 17.8. The largest absolute Gasteiger partial charge is 0.371 e. The molecule has 0 atom stereocenters. The molecule has 1 aliphatic rings. The second kappa shape index (κ2) is 4.97. The second-order valence-electron chi connectivity index (χ2n) is 5.19. The standard InChI is InChI=1S/C15H19FN2/c1-3-15(4-2)5-6-18(11-15)14-8-12(10-17)7-13(16)9-14/h7-9H,3-6,11H2,1-2H3. The lowest BCUT2D eigenvalue weighted by molar-refractivity contribution is 0.301. The number of hydrogen-bond donors (Lipinski definition) is 0. The molecule has 1 aromatic rings. The molecule has 96 valence electrons. The summed E-state index contributed by atoms with van der Waals surface area (Å²) in [5.74, 6) is -0.324. The van der Waals surface area contributed by atoms with Gasteiger partial charge < -0.3 is 4.90 Å². The van der Waals surface area contributed by atoms with Gasteiger partial charge in [-0.3, -0.25) is 0 Å². The SMILES string of the molecule is CCC1(CC)CCN(c2cc(F)cc(C#N)c2)C1. The molecule has 1 saturated heterocycles. The van der Waals surface area contributed by atoms with Gasteiger partial charge in [0, 0.05) is 18.8 Å². The maximum atomic E-state index is 13.4. The molecule has 2 nitrogen and oxygen atoms in total. The van der Waals surface area contributed by atoms with Gasteiger partial charge in [-0.25, -0.2) is 4.39 Å². The summed E-state index contributed by atoms with van der Waals surface area (Å²) in [5, 5.41) is 8.89. The van der Waals surface area contributed by atoms with E-state index in [0.717, 1.165) is 38.0 Å². The van der Waals surface area contributed by atoms with E-state index in [-0.39, 0.29) is 5.82 Å². The van der Waals surface area contributed by atoms with Crippen LogP contribution in [0, 0.1) is 22.6 Å². The molecule has 0 saturated carbocycles. The average Bonchev–Trinajstić information content (AvgIpc) is 2.83. The maximum absolute atomic E-state index is 13.4. The Balaban J connectivity index is 2.24. The summed E-state index contributed by atoms with van der Waals surface area (Å²) in [7, 11) is 0. The van der Waals surface area contributed by atoms with Crippen molar-refractivity contribution in [2.24, 2.45) is 5.41 Å². The smallest absolute Gasteiger partial charge is 0.126 e. The van der Waals surface area contributed by atoms with Gasteiger partial charge in [-0.05, 0) is 42.9 Å². The Bertz CT molecular complexity index is 472. The van der Waals surface area contributed by atoms with Crippen LogP contribution in [0.2, 0.25) is 0 Å². The zero-order valence-corrected chi connectivity index (χ0v) is 11.0. The highest BCUT2D eigenvalue weighted by atomic mass is 19.1. The van der Waals surface area contributed by atoms with Crippen LogP contribution in [-0.2, 0) is 0 Å². The van der Waals surface area contributed by atoms with Crippen LogP contribution < -0.4 is 4.90 Å². The zero-order valence-electron chi connectivity index (χ0n) is 11.0. The zero-order chi connectivity index (χ0) is 13.2. The molecule has 0 aromatic heterocycles. The van der Waals surface area contributed by atoms with Crippen molar-refractivity contribution < 1.29 is 4.39 Å². The van der Waals surface area contributed by atoms with E-state index in [1.165, 1.54) is 12.1 Å². The molecule has 1 fully saturated rings. The van der Waals surface area contributed by atoms with E-state index >= 15 is 0 Å². The number of nitrogens with zero attached hydrogens (tertiary/aromatic N) is 2. The second-order valence-corrected chi connectivity index (χ2v) is 5.19. The molecular weight excluding hydrogens is 227 g/mol. The summed E-state index contributed by atoms with van der Waals surface area (Å²) < 4.78 is 13.4. The first-order valence-electron chi connectivity index (χ1n) is 6.58. The summed E-state index contributed by atoms with van der Waals surface area (Å²) in [6.07, 6.45) is 3.46. The highest BCUT2D eigenvalue weighted by Gasteiger charge is 2.35. The summed E-state index contributed by atoms with van der Waals surface area (Å²) in [6.45, 7) is 6.36. The van der Waals surface area contributed by atoms with E-state index in [0.29, 0.717) is 11.0 Å². The van der Waals surface area contributed by atoms with Crippen molar-refractivity contribution in [2.75, 3.05) is 18.0 Å². The van der Waals surface area contributed by atoms with Gasteiger partial charge in [0.25, 0.3) is 0 Å². The number of nitriles is 1. The van der Waals surface area contributed by atoms with E-state index < -0.39 is 0 Å². The van der Waals surface area contributed by atoms with Crippen LogP contribution >= 0.6 is 0 Å². The lowest BCUT2D eigenvalue weighted by Gasteiger charge is -2.27. The first kappa shape index (κ1) is 12.9. The molecule has 3 heteroatoms. The molecule has 18 heavy (non-hydrogen) atoms. The summed E-state index contributed by atoms with van der Waals surface area (Å²) in [4.78, 5) is 2.21. The van der Waals surface area contributed by atoms with Crippen LogP contribution in [0.3, 0.4) is 0 Å². The van der Waals surface area contributed by atoms with Gasteiger partial charge >= 0.3 is 0 Å². The van der Waals surface area contributed by atoms with E-state index in [9.17, 15) is 4.39 Å². The van der Waals surface area contributed by atoms with Crippen molar-refractivity contribution in [2.45, 2.75) is 33.1 Å². The van der Waals surface area contributed by atoms with E-state index in [1.54, 1.807) is 6.07 Å². The fraction of sp³-hybridized carbons (Fsp3) is 0.533. The van der Waals surface area contributed by atoms with Crippen LogP contribution in [0.15, 0.2) is 18.2 Å². The quantitative estimate of drug-likeness (QED) is 0.812. The Morgan fingerprint density at radius 1 is 1.33 bits per heavy atom. The molecule has 0 bridgehead atoms. The highest BCUT2D eigenvalue weighted by Crippen LogP contribution is 2.39. The summed E-state index contributed by atoms with van der Waals surface area (Å²) in [6, 6.07) is 6.61. The highest BCUT2D eigenvalue weighted by molar-refractivity contribution is 5.53. The van der Waals surface area contributed by atoms with Crippen LogP contribution in [0.1, 0.15) is 38.7 Å². The van der Waals surface area contributed by atoms with E-state index in [4.69, 9.17) is 5.26 Å². The Morgan fingerprint density at radius 3 is 2.61 bits per heavy atom. The minimum Gasteiger partial charge on any atom is -0.371 e. The first-order valence-corrected chi connectivity index (χ1v) is 6.58. The Kier molecular flexibility index (Phi) is 3.56. The third-order valence-corrected chi connectivity index (χ3v) is 4.32. The Hall–Kier alpha value is -1.56. The van der Waals surface area contributed by atoms with E-state index in [1.807, 2.05) is 6.07 Å². The van der Waals surface area contributed by atoms with Gasteiger partial charge in [0.2, 0.25) is 0 Å². The van der Waals surface area contributed by atoms with Gasteiger partial charge in [-0.15, -0.1) is 0 Å². The predicted molar refractivity (Wildman–Crippen MR) is 71.0 cm³/mol. The van der Waals surface area contributed by atoms with Crippen molar-refractivity contribution >= 4 is 5.69 Å². The topological polar surface area (TPSA) is 27.0 Å². The molecule has 1 aliphatic heterocycles. The number of halogens is 1. The predicted octanol–water partition coefficient (Wildman–Crippen LogP) is 3.71. The van der Waals surface area contributed by atoms with Gasteiger partial charge in [0.05, 0.1) is 11.6 Å². The summed E-state index contributed by atoms with van der Waals surface area (Å²) in [5.41, 5.74) is 1.60. The first-order chi connectivity index (χ1) is 8.62. The van der Waals surface area contributed by atoms with Crippen molar-refractivity contribution in [1.29, 1.82) is 5.26 Å². The minimum atomic E-state index is -0.324. The maximum Gasteiger partial charge on any atom is 0.126 e. The van der Waals surface area contributed by atoms with Crippen molar-refractivity contribution in [1.82, 2.24) is 0 Å². The summed E-state index contributed by atoms with van der Waals surface area (Å²) >= 11 is 0. The fourth-order valence-electron chi connectivity index (χ4n) is 2.80. The van der Waals surface area contributed by atoms with E-state index in [2.05, 4.69) is 18.7 Å². The number of anilines is 1. The number of rotatable bonds is 3. The van der Waals surface area contributed by atoms with Gasteiger partial charge in [0.15, 0.2) is 0 Å². The molecule has 0 spiro atoms. The van der Waals surface area contributed by atoms with Gasteiger partial charge in [-0.2, -0.15) is 5.26 Å². The van der Waals surface area contributed by atoms with Crippen LogP contribution in [-0.4, -0.2) is 13.1 Å². The van der Waals surface area contributed by atoms with Crippen molar-refractivity contribution in [3.05, 3.63) is 29.6 Å². The van der Waals surface area contributed by atoms with Gasteiger partial charge in [0.1, 0.15) is 5.82 Å². The molecule has 1 aromatic carbocycles. The molecule has 0 N–H and O–H groups in total. The molecule has 0 amide bonds. The van der Waals surface area contributed by atoms with Crippen LogP contribution in [0.4, 0.5) is 10.1 Å². The Morgan fingerprint density at radius 2 is 2.06 bits per heavy atom. The molecule has 0 aliphatic carbocycles. The third-order valence-electron chi connectivity index (χ3n) is 4.32. The molecular formula is C15H19FN2. The minimum absolute atomic E-state index is 0.324. The lowest BCUT2D eigenvalue weighted by atomic mass is 9.82. The fourth-order valence-corrected chi connectivity index (χ4v) is 2.80. The van der Waals surface area contributed by atoms with Crippen LogP contribution in [0.25, 0.3) is 0 Å². The number of hydrogen-bond acceptors (Lipinski definition) is 2. The molecule has 2 rings (SSSR count). The third kappa shape index (κ3) is 2.33. The van der Waals surface area contributed by atoms with Crippen molar-refractivity contribution in [3.63, 3.8) is 0 Å². The van der Waals surface area contributed by atoms with Crippen molar-refractivity contribution in [3.8, 4) is 6.07 Å². The Labute approximate surface area is 108 Å². The number of benzene rings is 1. The van der Waals surface area contributed by atoms with Gasteiger partial charge in [-0.1, -0.05) is 13.8 Å². The monoisotopic (exact) mass is 246 g/mol.